The van der Waals surface area contributed by atoms with E-state index in [0.29, 0.717) is 5.56 Å². The van der Waals surface area contributed by atoms with Crippen molar-refractivity contribution in [3.8, 4) is 0 Å². The van der Waals surface area contributed by atoms with Gasteiger partial charge in [-0.15, -0.1) is 11.3 Å². The molecule has 0 saturated carbocycles. The second-order valence-electron chi connectivity index (χ2n) is 5.24. The van der Waals surface area contributed by atoms with E-state index in [0.717, 1.165) is 20.5 Å². The monoisotopic (exact) mass is 286 g/mol. The number of hydrogen-bond acceptors (Lipinski definition) is 2. The number of thiophene rings is 1. The molecule has 0 bridgehead atoms. The lowest BCUT2D eigenvalue weighted by Gasteiger charge is -2.23. The van der Waals surface area contributed by atoms with Crippen LogP contribution in [-0.4, -0.2) is 5.11 Å². The quantitative estimate of drug-likeness (QED) is 0.729. The topological polar surface area (TPSA) is 20.2 Å². The number of halogens is 1. The smallest absolute Gasteiger partial charge is 0.123 e. The van der Waals surface area contributed by atoms with Crippen molar-refractivity contribution in [3.05, 3.63) is 70.4 Å². The van der Waals surface area contributed by atoms with Gasteiger partial charge in [0.15, 0.2) is 0 Å². The Kier molecular flexibility index (Phi) is 3.11. The van der Waals surface area contributed by atoms with Crippen LogP contribution in [0, 0.1) is 12.7 Å². The third kappa shape index (κ3) is 2.23. The minimum absolute atomic E-state index is 0.318. The Morgan fingerprint density at radius 3 is 2.55 bits per heavy atom. The van der Waals surface area contributed by atoms with Gasteiger partial charge in [0.2, 0.25) is 0 Å². The minimum atomic E-state index is -1.18. The summed E-state index contributed by atoms with van der Waals surface area (Å²) < 4.78 is 14.7. The van der Waals surface area contributed by atoms with E-state index in [4.69, 9.17) is 0 Å². The second-order valence-corrected chi connectivity index (χ2v) is 6.32. The lowest BCUT2D eigenvalue weighted by atomic mass is 9.92. The molecule has 0 radical (unpaired) electrons. The summed E-state index contributed by atoms with van der Waals surface area (Å²) in [6.07, 6.45) is 0. The van der Waals surface area contributed by atoms with Crippen molar-refractivity contribution in [1.82, 2.24) is 0 Å². The Morgan fingerprint density at radius 1 is 1.10 bits per heavy atom. The highest BCUT2D eigenvalue weighted by Gasteiger charge is 2.28. The Balaban J connectivity index is 2.14. The number of fused-ring (bicyclic) bond motifs is 1. The van der Waals surface area contributed by atoms with Gasteiger partial charge in [0.25, 0.3) is 0 Å². The molecule has 1 heterocycles. The first-order valence-electron chi connectivity index (χ1n) is 6.46. The molecule has 3 rings (SSSR count). The van der Waals surface area contributed by atoms with Crippen molar-refractivity contribution in [2.45, 2.75) is 19.4 Å². The van der Waals surface area contributed by atoms with Gasteiger partial charge in [-0.25, -0.2) is 4.39 Å². The molecule has 0 spiro atoms. The third-order valence-electron chi connectivity index (χ3n) is 3.51. The van der Waals surface area contributed by atoms with Crippen molar-refractivity contribution in [1.29, 1.82) is 0 Å². The van der Waals surface area contributed by atoms with E-state index in [2.05, 4.69) is 0 Å². The molecular formula is C17H15FOS. The van der Waals surface area contributed by atoms with Crippen LogP contribution < -0.4 is 0 Å². The number of rotatable bonds is 2. The van der Waals surface area contributed by atoms with Crippen LogP contribution in [0.3, 0.4) is 0 Å². The minimum Gasteiger partial charge on any atom is -0.380 e. The molecule has 20 heavy (non-hydrogen) atoms. The largest absolute Gasteiger partial charge is 0.380 e. The van der Waals surface area contributed by atoms with E-state index in [9.17, 15) is 9.50 Å². The van der Waals surface area contributed by atoms with Gasteiger partial charge in [-0.3, -0.25) is 0 Å². The Bertz CT molecular complexity index is 720. The van der Waals surface area contributed by atoms with Crippen LogP contribution >= 0.6 is 11.3 Å². The highest BCUT2D eigenvalue weighted by atomic mass is 32.1. The molecule has 1 nitrogen and oxygen atoms in total. The van der Waals surface area contributed by atoms with Crippen LogP contribution in [0.5, 0.6) is 0 Å². The molecule has 0 aliphatic rings. The van der Waals surface area contributed by atoms with Crippen LogP contribution in [0.2, 0.25) is 0 Å². The lowest BCUT2D eigenvalue weighted by Crippen LogP contribution is -2.21. The van der Waals surface area contributed by atoms with Crippen LogP contribution in [-0.2, 0) is 5.60 Å². The number of hydrogen-bond donors (Lipinski definition) is 1. The molecule has 0 aliphatic carbocycles. The fourth-order valence-electron chi connectivity index (χ4n) is 2.38. The normalized spacial score (nSPS) is 14.4. The second kappa shape index (κ2) is 4.69. The van der Waals surface area contributed by atoms with Gasteiger partial charge in [-0.2, -0.15) is 0 Å². The van der Waals surface area contributed by atoms with Crippen LogP contribution in [0.1, 0.15) is 22.9 Å². The first kappa shape index (κ1) is 13.3. The van der Waals surface area contributed by atoms with E-state index in [1.54, 1.807) is 6.92 Å². The first-order chi connectivity index (χ1) is 9.46. The summed E-state index contributed by atoms with van der Waals surface area (Å²) in [5.74, 6) is -0.318. The van der Waals surface area contributed by atoms with Crippen molar-refractivity contribution >= 4 is 21.4 Å². The molecule has 1 unspecified atom stereocenters. The summed E-state index contributed by atoms with van der Waals surface area (Å²) >= 11 is 1.54. The van der Waals surface area contributed by atoms with E-state index >= 15 is 0 Å². The maximum absolute atomic E-state index is 13.6. The maximum atomic E-state index is 13.6. The zero-order valence-corrected chi connectivity index (χ0v) is 12.2. The number of aryl methyl sites for hydroxylation is 1. The standard InChI is InChI=1S/C17H15FOS/c1-11-7-13(10-14(18)8-11)17(2,19)16-9-12-5-3-4-6-15(12)20-16/h3-10,19H,1-2H3. The van der Waals surface area contributed by atoms with Gasteiger partial charge in [0, 0.05) is 9.58 Å². The van der Waals surface area contributed by atoms with E-state index in [1.807, 2.05) is 43.3 Å². The maximum Gasteiger partial charge on any atom is 0.123 e. The van der Waals surface area contributed by atoms with Crippen molar-refractivity contribution < 1.29 is 9.50 Å². The van der Waals surface area contributed by atoms with E-state index in [1.165, 1.54) is 23.5 Å². The molecular weight excluding hydrogens is 271 g/mol. The van der Waals surface area contributed by atoms with Crippen LogP contribution in [0.15, 0.2) is 48.5 Å². The van der Waals surface area contributed by atoms with Crippen molar-refractivity contribution in [2.75, 3.05) is 0 Å². The van der Waals surface area contributed by atoms with Gasteiger partial charge in [0.05, 0.1) is 0 Å². The molecule has 3 heteroatoms. The Hall–Kier alpha value is -1.71. The highest BCUT2D eigenvalue weighted by molar-refractivity contribution is 7.19. The van der Waals surface area contributed by atoms with Gasteiger partial charge < -0.3 is 5.11 Å². The summed E-state index contributed by atoms with van der Waals surface area (Å²) in [5.41, 5.74) is 0.208. The summed E-state index contributed by atoms with van der Waals surface area (Å²) in [6, 6.07) is 14.7. The summed E-state index contributed by atoms with van der Waals surface area (Å²) in [5, 5.41) is 11.9. The lowest BCUT2D eigenvalue weighted by molar-refractivity contribution is 0.106. The summed E-state index contributed by atoms with van der Waals surface area (Å²) in [6.45, 7) is 3.54. The number of benzene rings is 2. The van der Waals surface area contributed by atoms with E-state index < -0.39 is 5.60 Å². The fraction of sp³-hybridized carbons (Fsp3) is 0.176. The highest BCUT2D eigenvalue weighted by Crippen LogP contribution is 2.37. The Morgan fingerprint density at radius 2 is 1.85 bits per heavy atom. The van der Waals surface area contributed by atoms with Crippen LogP contribution in [0.4, 0.5) is 4.39 Å². The molecule has 0 aliphatic heterocycles. The molecule has 0 fully saturated rings. The van der Waals surface area contributed by atoms with Crippen LogP contribution in [0.25, 0.3) is 10.1 Å². The zero-order valence-electron chi connectivity index (χ0n) is 11.4. The average Bonchev–Trinajstić information content (AvgIpc) is 2.82. The molecule has 0 saturated heterocycles. The zero-order chi connectivity index (χ0) is 14.3. The third-order valence-corrected chi connectivity index (χ3v) is 4.84. The molecule has 2 aromatic carbocycles. The predicted octanol–water partition coefficient (Wildman–Crippen LogP) is 4.60. The fourth-order valence-corrected chi connectivity index (χ4v) is 3.51. The molecule has 1 N–H and O–H groups in total. The van der Waals surface area contributed by atoms with E-state index in [-0.39, 0.29) is 5.82 Å². The molecule has 102 valence electrons. The predicted molar refractivity (Wildman–Crippen MR) is 81.6 cm³/mol. The van der Waals surface area contributed by atoms with Crippen molar-refractivity contribution in [2.24, 2.45) is 0 Å². The Labute approximate surface area is 121 Å². The van der Waals surface area contributed by atoms with Gasteiger partial charge in [-0.05, 0) is 54.6 Å². The molecule has 1 atom stereocenters. The summed E-state index contributed by atoms with van der Waals surface area (Å²) in [4.78, 5) is 0.823. The molecule has 3 aromatic rings. The number of aliphatic hydroxyl groups is 1. The first-order valence-corrected chi connectivity index (χ1v) is 7.27. The van der Waals surface area contributed by atoms with Gasteiger partial charge in [-0.1, -0.05) is 24.3 Å². The molecule has 1 aromatic heterocycles. The summed E-state index contributed by atoms with van der Waals surface area (Å²) in [7, 11) is 0. The van der Waals surface area contributed by atoms with Gasteiger partial charge in [0.1, 0.15) is 11.4 Å². The van der Waals surface area contributed by atoms with Crippen molar-refractivity contribution in [3.63, 3.8) is 0 Å². The molecule has 0 amide bonds. The SMILES string of the molecule is Cc1cc(F)cc(C(C)(O)c2cc3ccccc3s2)c1. The average molecular weight is 286 g/mol. The van der Waals surface area contributed by atoms with Gasteiger partial charge >= 0.3 is 0 Å².